The highest BCUT2D eigenvalue weighted by Crippen LogP contribution is 2.38. The minimum atomic E-state index is 0.0607. The Hall–Kier alpha value is -2.36. The molecule has 1 aliphatic rings. The average Bonchev–Trinajstić information content (AvgIpc) is 3.20. The highest BCUT2D eigenvalue weighted by Gasteiger charge is 2.38. The lowest BCUT2D eigenvalue weighted by Crippen LogP contribution is -2.58. The smallest absolute Gasteiger partial charge is 0.148 e. The lowest BCUT2D eigenvalue weighted by Gasteiger charge is -2.46. The van der Waals surface area contributed by atoms with Crippen molar-refractivity contribution >= 4 is 29.3 Å². The Kier molecular flexibility index (Phi) is 9.51. The molecule has 0 bridgehead atoms. The van der Waals surface area contributed by atoms with Gasteiger partial charge in [0.2, 0.25) is 0 Å². The quantitative estimate of drug-likeness (QED) is 0.332. The van der Waals surface area contributed by atoms with Gasteiger partial charge in [-0.1, -0.05) is 0 Å². The standard InChI is InChI=1S/C22H32N6OS.C2H7N/c1-21(2)13-16(14-22(3,4)27-21)30-20(25-24-6)17-9-8-15(12-18(17)29-7)28-11-10-19(23-5)26-28;1-3-2/h8-12,16,27H,6,13-14H2,1-5,7H3,(H,23,26);3H,1-2H3/b25-20-;. The first-order valence-electron chi connectivity index (χ1n) is 11.1. The minimum absolute atomic E-state index is 0.0607. The summed E-state index contributed by atoms with van der Waals surface area (Å²) in [6, 6.07) is 7.92. The molecule has 0 amide bonds. The first-order chi connectivity index (χ1) is 15.6. The van der Waals surface area contributed by atoms with Crippen LogP contribution in [0.5, 0.6) is 5.75 Å². The number of thioether (sulfide) groups is 1. The van der Waals surface area contributed by atoms with E-state index in [0.29, 0.717) is 5.25 Å². The second-order valence-electron chi connectivity index (χ2n) is 9.37. The molecular formula is C24H39N7OS. The summed E-state index contributed by atoms with van der Waals surface area (Å²) in [5, 5.41) is 23.5. The van der Waals surface area contributed by atoms with Gasteiger partial charge >= 0.3 is 0 Å². The Bertz CT molecular complexity index is 936. The molecule has 1 aromatic carbocycles. The summed E-state index contributed by atoms with van der Waals surface area (Å²) in [5.74, 6) is 1.54. The first kappa shape index (κ1) is 26.9. The van der Waals surface area contributed by atoms with E-state index in [2.05, 4.69) is 65.7 Å². The zero-order valence-electron chi connectivity index (χ0n) is 21.2. The molecule has 2 aromatic rings. The van der Waals surface area contributed by atoms with Gasteiger partial charge < -0.3 is 20.7 Å². The van der Waals surface area contributed by atoms with Crippen LogP contribution in [0.15, 0.2) is 40.7 Å². The number of piperidine rings is 1. The van der Waals surface area contributed by atoms with Gasteiger partial charge in [0.1, 0.15) is 16.6 Å². The normalized spacial score (nSPS) is 17.6. The highest BCUT2D eigenvalue weighted by atomic mass is 32.2. The maximum atomic E-state index is 5.71. The average molecular weight is 474 g/mol. The summed E-state index contributed by atoms with van der Waals surface area (Å²) in [5.41, 5.74) is 1.95. The zero-order chi connectivity index (χ0) is 24.6. The molecule has 9 heteroatoms. The maximum absolute atomic E-state index is 5.71. The second kappa shape index (κ2) is 11.7. The predicted octanol–water partition coefficient (Wildman–Crippen LogP) is 4.16. The van der Waals surface area contributed by atoms with Gasteiger partial charge in [0.15, 0.2) is 0 Å². The van der Waals surface area contributed by atoms with Gasteiger partial charge in [-0.25, -0.2) is 4.68 Å². The van der Waals surface area contributed by atoms with Crippen LogP contribution < -0.4 is 20.7 Å². The van der Waals surface area contributed by atoms with Crippen LogP contribution in [0, 0.1) is 0 Å². The van der Waals surface area contributed by atoms with Crippen molar-refractivity contribution in [3.05, 3.63) is 36.0 Å². The molecule has 182 valence electrons. The van der Waals surface area contributed by atoms with Crippen LogP contribution in [-0.2, 0) is 0 Å². The molecule has 0 radical (unpaired) electrons. The summed E-state index contributed by atoms with van der Waals surface area (Å²) in [4.78, 5) is 0. The van der Waals surface area contributed by atoms with E-state index >= 15 is 0 Å². The van der Waals surface area contributed by atoms with Gasteiger partial charge in [0.25, 0.3) is 0 Å². The van der Waals surface area contributed by atoms with Crippen molar-refractivity contribution in [1.29, 1.82) is 0 Å². The number of benzene rings is 1. The maximum Gasteiger partial charge on any atom is 0.148 e. The van der Waals surface area contributed by atoms with Crippen LogP contribution in [0.2, 0.25) is 0 Å². The molecule has 1 fully saturated rings. The number of aromatic nitrogens is 2. The zero-order valence-corrected chi connectivity index (χ0v) is 22.0. The summed E-state index contributed by atoms with van der Waals surface area (Å²) < 4.78 is 7.52. The largest absolute Gasteiger partial charge is 0.496 e. The number of rotatable bonds is 6. The molecule has 1 aliphatic heterocycles. The van der Waals surface area contributed by atoms with Gasteiger partial charge in [-0.05, 0) is 66.8 Å². The van der Waals surface area contributed by atoms with Crippen LogP contribution in [0.4, 0.5) is 5.82 Å². The summed E-state index contributed by atoms with van der Waals surface area (Å²) >= 11 is 1.75. The number of ether oxygens (including phenoxy) is 1. The fourth-order valence-electron chi connectivity index (χ4n) is 4.28. The van der Waals surface area contributed by atoms with Crippen LogP contribution in [0.25, 0.3) is 5.69 Å². The third-order valence-corrected chi connectivity index (χ3v) is 6.31. The van der Waals surface area contributed by atoms with E-state index < -0.39 is 0 Å². The number of nitrogens with one attached hydrogen (secondary N) is 3. The topological polar surface area (TPSA) is 87.9 Å². The summed E-state index contributed by atoms with van der Waals surface area (Å²) in [7, 11) is 7.27. The lowest BCUT2D eigenvalue weighted by molar-refractivity contribution is 0.189. The monoisotopic (exact) mass is 473 g/mol. The molecule has 2 heterocycles. The molecule has 0 atom stereocenters. The molecule has 3 rings (SSSR count). The summed E-state index contributed by atoms with van der Waals surface area (Å²) in [6.07, 6.45) is 3.99. The number of nitrogens with zero attached hydrogens (tertiary/aromatic N) is 4. The van der Waals surface area contributed by atoms with E-state index in [1.807, 2.05) is 56.3 Å². The van der Waals surface area contributed by atoms with Crippen LogP contribution >= 0.6 is 11.8 Å². The fourth-order valence-corrected chi connectivity index (χ4v) is 5.99. The predicted molar refractivity (Wildman–Crippen MR) is 143 cm³/mol. The van der Waals surface area contributed by atoms with E-state index in [-0.39, 0.29) is 11.1 Å². The second-order valence-corrected chi connectivity index (χ2v) is 10.7. The Balaban J connectivity index is 0.00000122. The third-order valence-electron chi connectivity index (χ3n) is 5.12. The molecule has 1 saturated heterocycles. The van der Waals surface area contributed by atoms with Gasteiger partial charge in [-0.2, -0.15) is 10.2 Å². The number of hydrogen-bond donors (Lipinski definition) is 3. The van der Waals surface area contributed by atoms with Crippen LogP contribution in [0.1, 0.15) is 46.1 Å². The van der Waals surface area contributed by atoms with Gasteiger partial charge in [0, 0.05) is 48.4 Å². The third kappa shape index (κ3) is 7.58. The van der Waals surface area contributed by atoms with E-state index in [9.17, 15) is 0 Å². The molecule has 0 unspecified atom stereocenters. The Morgan fingerprint density at radius 3 is 2.33 bits per heavy atom. The lowest BCUT2D eigenvalue weighted by atomic mass is 9.82. The van der Waals surface area contributed by atoms with E-state index in [0.717, 1.165) is 40.7 Å². The fraction of sp³-hybridized carbons (Fsp3) is 0.542. The van der Waals surface area contributed by atoms with E-state index in [1.54, 1.807) is 18.9 Å². The van der Waals surface area contributed by atoms with E-state index in [4.69, 9.17) is 4.74 Å². The van der Waals surface area contributed by atoms with Gasteiger partial charge in [-0.15, -0.1) is 16.9 Å². The molecule has 0 spiro atoms. The molecule has 33 heavy (non-hydrogen) atoms. The van der Waals surface area contributed by atoms with Crippen LogP contribution in [0.3, 0.4) is 0 Å². The van der Waals surface area contributed by atoms with Crippen molar-refractivity contribution in [2.45, 2.75) is 56.9 Å². The van der Waals surface area contributed by atoms with Crippen molar-refractivity contribution in [2.24, 2.45) is 10.2 Å². The van der Waals surface area contributed by atoms with Crippen molar-refractivity contribution in [3.63, 3.8) is 0 Å². The highest BCUT2D eigenvalue weighted by molar-refractivity contribution is 8.15. The van der Waals surface area contributed by atoms with Crippen molar-refractivity contribution in [3.8, 4) is 11.4 Å². The number of anilines is 1. The first-order valence-corrected chi connectivity index (χ1v) is 12.0. The molecule has 0 aliphatic carbocycles. The minimum Gasteiger partial charge on any atom is -0.496 e. The Morgan fingerprint density at radius 2 is 1.82 bits per heavy atom. The van der Waals surface area contributed by atoms with Gasteiger partial charge in [-0.3, -0.25) is 0 Å². The Morgan fingerprint density at radius 1 is 1.18 bits per heavy atom. The van der Waals surface area contributed by atoms with Crippen molar-refractivity contribution < 1.29 is 4.74 Å². The SMILES string of the molecule is C=N/N=C(\SC1CC(C)(C)NC(C)(C)C1)c1ccc(-n2ccc(NC)n2)cc1OC.CNC. The van der Waals surface area contributed by atoms with Gasteiger partial charge in [0.05, 0.1) is 18.4 Å². The molecule has 0 saturated carbocycles. The van der Waals surface area contributed by atoms with Crippen molar-refractivity contribution in [1.82, 2.24) is 20.4 Å². The van der Waals surface area contributed by atoms with Crippen molar-refractivity contribution in [2.75, 3.05) is 33.6 Å². The molecule has 8 nitrogen and oxygen atoms in total. The van der Waals surface area contributed by atoms with Crippen LogP contribution in [-0.4, -0.2) is 66.1 Å². The Labute approximate surface area is 202 Å². The number of methoxy groups -OCH3 is 1. The van der Waals surface area contributed by atoms with E-state index in [1.165, 1.54) is 0 Å². The molecule has 1 aromatic heterocycles. The summed E-state index contributed by atoms with van der Waals surface area (Å²) in [6.45, 7) is 12.6. The molecule has 3 N–H and O–H groups in total. The number of hydrogen-bond acceptors (Lipinski definition) is 8. The molecular weight excluding hydrogens is 434 g/mol.